The number of halogens is 1. The fraction of sp³-hybridized carbons (Fsp3) is 0.273. The first-order chi connectivity index (χ1) is 7.99. The van der Waals surface area contributed by atoms with Crippen LogP contribution < -0.4 is 5.32 Å². The molecule has 0 spiro atoms. The summed E-state index contributed by atoms with van der Waals surface area (Å²) < 4.78 is 12.8. The van der Waals surface area contributed by atoms with E-state index in [1.54, 1.807) is 6.92 Å². The predicted molar refractivity (Wildman–Crippen MR) is 64.7 cm³/mol. The maximum absolute atomic E-state index is 12.8. The lowest BCUT2D eigenvalue weighted by Crippen LogP contribution is -2.16. The number of nitrogens with one attached hydrogen (secondary N) is 1. The van der Waals surface area contributed by atoms with Crippen molar-refractivity contribution < 1.29 is 19.1 Å². The topological polar surface area (TPSA) is 66.4 Å². The van der Waals surface area contributed by atoms with Gasteiger partial charge in [-0.2, -0.15) is 0 Å². The van der Waals surface area contributed by atoms with Crippen molar-refractivity contribution in [3.63, 3.8) is 0 Å². The number of benzene rings is 1. The number of hydrogen-bond donors (Lipinski definition) is 2. The Balaban J connectivity index is 2.48. The van der Waals surface area contributed by atoms with E-state index in [0.29, 0.717) is 11.3 Å². The van der Waals surface area contributed by atoms with Crippen LogP contribution >= 0.6 is 11.8 Å². The molecule has 0 bridgehead atoms. The van der Waals surface area contributed by atoms with Crippen LogP contribution in [0.15, 0.2) is 18.2 Å². The first-order valence-corrected chi connectivity index (χ1v) is 6.00. The molecular weight excluding hydrogens is 245 g/mol. The number of anilines is 1. The lowest BCUT2D eigenvalue weighted by molar-refractivity contribution is -0.133. The van der Waals surface area contributed by atoms with E-state index in [4.69, 9.17) is 5.11 Å². The zero-order valence-corrected chi connectivity index (χ0v) is 10.0. The molecule has 1 amide bonds. The summed E-state index contributed by atoms with van der Waals surface area (Å²) in [6.45, 7) is 1.68. The van der Waals surface area contributed by atoms with Gasteiger partial charge < -0.3 is 10.4 Å². The molecule has 0 unspecified atom stereocenters. The fourth-order valence-electron chi connectivity index (χ4n) is 1.18. The molecule has 17 heavy (non-hydrogen) atoms. The van der Waals surface area contributed by atoms with Crippen LogP contribution in [0.2, 0.25) is 0 Å². The molecule has 0 aliphatic heterocycles. The number of hydrogen-bond acceptors (Lipinski definition) is 3. The van der Waals surface area contributed by atoms with Gasteiger partial charge in [0.25, 0.3) is 0 Å². The van der Waals surface area contributed by atoms with E-state index in [9.17, 15) is 14.0 Å². The molecule has 0 aliphatic rings. The summed E-state index contributed by atoms with van der Waals surface area (Å²) in [4.78, 5) is 21.6. The Morgan fingerprint density at radius 3 is 2.71 bits per heavy atom. The van der Waals surface area contributed by atoms with Gasteiger partial charge in [0.15, 0.2) is 0 Å². The smallest absolute Gasteiger partial charge is 0.313 e. The third-order valence-corrected chi connectivity index (χ3v) is 2.84. The lowest BCUT2D eigenvalue weighted by Gasteiger charge is -2.07. The van der Waals surface area contributed by atoms with Crippen LogP contribution in [-0.4, -0.2) is 28.5 Å². The highest BCUT2D eigenvalue weighted by molar-refractivity contribution is 8.00. The van der Waals surface area contributed by atoms with Crippen LogP contribution in [0.5, 0.6) is 0 Å². The molecule has 6 heteroatoms. The number of carboxylic acids is 1. The Kier molecular flexibility index (Phi) is 4.96. The van der Waals surface area contributed by atoms with Crippen LogP contribution in [0.3, 0.4) is 0 Å². The average molecular weight is 257 g/mol. The molecule has 0 heterocycles. The summed E-state index contributed by atoms with van der Waals surface area (Å²) in [6.07, 6.45) is 0. The minimum absolute atomic E-state index is 0.0586. The van der Waals surface area contributed by atoms with Crippen molar-refractivity contribution in [3.05, 3.63) is 29.6 Å². The first kappa shape index (κ1) is 13.5. The van der Waals surface area contributed by atoms with Crippen molar-refractivity contribution in [2.24, 2.45) is 0 Å². The predicted octanol–water partition coefficient (Wildman–Crippen LogP) is 1.89. The van der Waals surface area contributed by atoms with Crippen molar-refractivity contribution in [1.82, 2.24) is 0 Å². The number of thioether (sulfide) groups is 1. The largest absolute Gasteiger partial charge is 0.481 e. The summed E-state index contributed by atoms with van der Waals surface area (Å²) in [5.41, 5.74) is 1.16. The van der Waals surface area contributed by atoms with Crippen molar-refractivity contribution in [3.8, 4) is 0 Å². The molecule has 0 aliphatic carbocycles. The molecule has 1 aromatic rings. The SMILES string of the molecule is Cc1cc(F)ccc1NC(=O)CSCC(=O)O. The number of amides is 1. The number of aliphatic carboxylic acids is 1. The highest BCUT2D eigenvalue weighted by Gasteiger charge is 2.06. The normalized spacial score (nSPS) is 10.0. The zero-order valence-electron chi connectivity index (χ0n) is 9.20. The van der Waals surface area contributed by atoms with E-state index >= 15 is 0 Å². The molecule has 0 saturated heterocycles. The summed E-state index contributed by atoms with van der Waals surface area (Å²) in [5.74, 6) is -1.67. The molecule has 2 N–H and O–H groups in total. The Hall–Kier alpha value is -1.56. The maximum atomic E-state index is 12.8. The monoisotopic (exact) mass is 257 g/mol. The van der Waals surface area contributed by atoms with Crippen LogP contribution in [0.25, 0.3) is 0 Å². The molecular formula is C11H12FNO3S. The van der Waals surface area contributed by atoms with Gasteiger partial charge in [0.1, 0.15) is 5.82 Å². The lowest BCUT2D eigenvalue weighted by atomic mass is 10.2. The van der Waals surface area contributed by atoms with Crippen LogP contribution in [0.1, 0.15) is 5.56 Å². The van der Waals surface area contributed by atoms with Gasteiger partial charge in [-0.1, -0.05) is 0 Å². The van der Waals surface area contributed by atoms with Gasteiger partial charge in [0.05, 0.1) is 11.5 Å². The summed E-state index contributed by atoms with van der Waals surface area (Å²) >= 11 is 1.01. The molecule has 0 radical (unpaired) electrons. The van der Waals surface area contributed by atoms with Crippen molar-refractivity contribution in [1.29, 1.82) is 0 Å². The van der Waals surface area contributed by atoms with E-state index in [0.717, 1.165) is 11.8 Å². The summed E-state index contributed by atoms with van der Waals surface area (Å²) in [7, 11) is 0. The average Bonchev–Trinajstić information content (AvgIpc) is 2.21. The van der Waals surface area contributed by atoms with Gasteiger partial charge in [-0.15, -0.1) is 11.8 Å². The van der Waals surface area contributed by atoms with Gasteiger partial charge in [0.2, 0.25) is 5.91 Å². The number of carbonyl (C=O) groups is 2. The molecule has 92 valence electrons. The number of rotatable bonds is 5. The van der Waals surface area contributed by atoms with E-state index < -0.39 is 5.97 Å². The number of carbonyl (C=O) groups excluding carboxylic acids is 1. The van der Waals surface area contributed by atoms with Gasteiger partial charge in [0, 0.05) is 5.69 Å². The molecule has 0 aromatic heterocycles. The second kappa shape index (κ2) is 6.24. The second-order valence-electron chi connectivity index (χ2n) is 3.39. The summed E-state index contributed by atoms with van der Waals surface area (Å²) in [6, 6.07) is 4.05. The highest BCUT2D eigenvalue weighted by atomic mass is 32.2. The molecule has 1 aromatic carbocycles. The maximum Gasteiger partial charge on any atom is 0.313 e. The van der Waals surface area contributed by atoms with E-state index in [1.807, 2.05) is 0 Å². The van der Waals surface area contributed by atoms with E-state index in [1.165, 1.54) is 18.2 Å². The highest BCUT2D eigenvalue weighted by Crippen LogP contribution is 2.16. The van der Waals surface area contributed by atoms with Crippen LogP contribution in [0.4, 0.5) is 10.1 Å². The summed E-state index contributed by atoms with van der Waals surface area (Å²) in [5, 5.41) is 11.0. The molecule has 0 saturated carbocycles. The Morgan fingerprint density at radius 2 is 2.12 bits per heavy atom. The van der Waals surface area contributed by atoms with Crippen molar-refractivity contribution >= 4 is 29.3 Å². The minimum atomic E-state index is -0.958. The third kappa shape index (κ3) is 4.86. The van der Waals surface area contributed by atoms with Crippen molar-refractivity contribution in [2.45, 2.75) is 6.92 Å². The molecule has 1 rings (SSSR count). The fourth-order valence-corrected chi connectivity index (χ4v) is 1.72. The third-order valence-electron chi connectivity index (χ3n) is 1.92. The second-order valence-corrected chi connectivity index (χ2v) is 4.38. The molecule has 0 fully saturated rings. The van der Waals surface area contributed by atoms with Gasteiger partial charge in [-0.25, -0.2) is 4.39 Å². The van der Waals surface area contributed by atoms with Crippen LogP contribution in [-0.2, 0) is 9.59 Å². The van der Waals surface area contributed by atoms with E-state index in [2.05, 4.69) is 5.32 Å². The minimum Gasteiger partial charge on any atom is -0.481 e. The van der Waals surface area contributed by atoms with Gasteiger partial charge in [-0.05, 0) is 30.7 Å². The van der Waals surface area contributed by atoms with Crippen LogP contribution in [0, 0.1) is 12.7 Å². The van der Waals surface area contributed by atoms with E-state index in [-0.39, 0.29) is 23.2 Å². The molecule has 0 atom stereocenters. The number of carboxylic acid groups (broad SMARTS) is 1. The Bertz CT molecular complexity index is 437. The Labute approximate surface area is 102 Å². The number of aryl methyl sites for hydroxylation is 1. The Morgan fingerprint density at radius 1 is 1.41 bits per heavy atom. The van der Waals surface area contributed by atoms with Crippen molar-refractivity contribution in [2.75, 3.05) is 16.8 Å². The van der Waals surface area contributed by atoms with Gasteiger partial charge >= 0.3 is 5.97 Å². The standard InChI is InChI=1S/C11H12FNO3S/c1-7-4-8(12)2-3-9(7)13-10(14)5-17-6-11(15)16/h2-4H,5-6H2,1H3,(H,13,14)(H,15,16). The van der Waals surface area contributed by atoms with Gasteiger partial charge in [-0.3, -0.25) is 9.59 Å². The molecule has 4 nitrogen and oxygen atoms in total. The zero-order chi connectivity index (χ0) is 12.8. The first-order valence-electron chi connectivity index (χ1n) is 4.84. The quantitative estimate of drug-likeness (QED) is 0.845.